The molecule has 2 rings (SSSR count). The van der Waals surface area contributed by atoms with E-state index in [9.17, 15) is 18.0 Å². The minimum absolute atomic E-state index is 0.0554. The van der Waals surface area contributed by atoms with E-state index >= 15 is 0 Å². The van der Waals surface area contributed by atoms with Crippen molar-refractivity contribution in [2.75, 3.05) is 13.1 Å². The lowest BCUT2D eigenvalue weighted by Crippen LogP contribution is -2.50. The molecule has 1 saturated heterocycles. The molecule has 2 N–H and O–H groups in total. The van der Waals surface area contributed by atoms with Crippen molar-refractivity contribution in [3.63, 3.8) is 0 Å². The number of hydrogen-bond donors (Lipinski definition) is 2. The first kappa shape index (κ1) is 15.6. The summed E-state index contributed by atoms with van der Waals surface area (Å²) < 4.78 is 43.8. The monoisotopic (exact) mass is 302 g/mol. The molecule has 1 aliphatic heterocycles. The van der Waals surface area contributed by atoms with Crippen molar-refractivity contribution in [2.24, 2.45) is 5.92 Å². The van der Waals surface area contributed by atoms with Crippen LogP contribution in [0.3, 0.4) is 0 Å². The summed E-state index contributed by atoms with van der Waals surface area (Å²) in [6.45, 7) is 0.710. The third-order valence-corrected chi connectivity index (χ3v) is 3.41. The highest BCUT2D eigenvalue weighted by Crippen LogP contribution is 2.28. The zero-order valence-corrected chi connectivity index (χ0v) is 11.3. The Kier molecular flexibility index (Phi) is 5.06. The second-order valence-corrected chi connectivity index (χ2v) is 4.98. The van der Waals surface area contributed by atoms with E-state index in [1.165, 1.54) is 0 Å². The van der Waals surface area contributed by atoms with Gasteiger partial charge in [-0.15, -0.1) is 0 Å². The van der Waals surface area contributed by atoms with Gasteiger partial charge in [-0.05, 0) is 18.5 Å². The van der Waals surface area contributed by atoms with Gasteiger partial charge in [0.05, 0.1) is 0 Å². The number of carbonyl (C=O) groups excluding carboxylic acids is 1. The Bertz CT molecular complexity index is 459. The minimum atomic E-state index is -4.48. The molecule has 1 aromatic rings. The Labute approximate surface area is 120 Å². The van der Waals surface area contributed by atoms with Gasteiger partial charge in [-0.2, -0.15) is 13.2 Å². The summed E-state index contributed by atoms with van der Waals surface area (Å²) in [7, 11) is 0. The van der Waals surface area contributed by atoms with Gasteiger partial charge in [0.2, 0.25) is 0 Å². The van der Waals surface area contributed by atoms with Gasteiger partial charge in [0.25, 0.3) is 0 Å². The van der Waals surface area contributed by atoms with Gasteiger partial charge in [0.1, 0.15) is 12.6 Å². The first-order chi connectivity index (χ1) is 9.97. The number of halogens is 3. The van der Waals surface area contributed by atoms with Crippen molar-refractivity contribution in [1.29, 1.82) is 0 Å². The van der Waals surface area contributed by atoms with Crippen LogP contribution in [0.5, 0.6) is 0 Å². The van der Waals surface area contributed by atoms with E-state index in [0.29, 0.717) is 13.0 Å². The summed E-state index contributed by atoms with van der Waals surface area (Å²) in [5, 5.41) is 4.81. The highest BCUT2D eigenvalue weighted by molar-refractivity contribution is 5.67. The lowest BCUT2D eigenvalue weighted by molar-refractivity contribution is -0.164. The van der Waals surface area contributed by atoms with Gasteiger partial charge in [-0.1, -0.05) is 30.3 Å². The van der Waals surface area contributed by atoms with Crippen molar-refractivity contribution < 1.29 is 22.7 Å². The topological polar surface area (TPSA) is 50.4 Å². The molecule has 0 spiro atoms. The maximum absolute atomic E-state index is 13.0. The summed E-state index contributed by atoms with van der Waals surface area (Å²) in [5.74, 6) is -0.658. The van der Waals surface area contributed by atoms with Gasteiger partial charge >= 0.3 is 12.3 Å². The van der Waals surface area contributed by atoms with Crippen LogP contribution < -0.4 is 10.6 Å². The number of alkyl halides is 3. The largest absolute Gasteiger partial charge is 0.445 e. The van der Waals surface area contributed by atoms with E-state index in [1.54, 1.807) is 30.3 Å². The fraction of sp³-hybridized carbons (Fsp3) is 0.500. The Balaban J connectivity index is 1.89. The fourth-order valence-electron chi connectivity index (χ4n) is 2.32. The average Bonchev–Trinajstić information content (AvgIpc) is 2.96. The van der Waals surface area contributed by atoms with E-state index in [0.717, 1.165) is 5.56 Å². The number of hydrogen-bond acceptors (Lipinski definition) is 3. The zero-order valence-electron chi connectivity index (χ0n) is 11.3. The molecular weight excluding hydrogens is 285 g/mol. The van der Waals surface area contributed by atoms with E-state index in [1.807, 2.05) is 5.32 Å². The van der Waals surface area contributed by atoms with E-state index in [-0.39, 0.29) is 13.2 Å². The van der Waals surface area contributed by atoms with Crippen LogP contribution in [0.15, 0.2) is 30.3 Å². The van der Waals surface area contributed by atoms with Crippen LogP contribution in [-0.4, -0.2) is 31.4 Å². The van der Waals surface area contributed by atoms with Gasteiger partial charge in [-0.25, -0.2) is 4.79 Å². The number of carbonyl (C=O) groups is 1. The number of nitrogens with one attached hydrogen (secondary N) is 2. The van der Waals surface area contributed by atoms with E-state index < -0.39 is 24.2 Å². The number of rotatable bonds is 4. The maximum Gasteiger partial charge on any atom is 0.409 e. The number of ether oxygens (including phenoxy) is 1. The molecule has 2 atom stereocenters. The molecule has 0 unspecified atom stereocenters. The normalized spacial score (nSPS) is 20.0. The van der Waals surface area contributed by atoms with Crippen LogP contribution in [0, 0.1) is 5.92 Å². The third-order valence-electron chi connectivity index (χ3n) is 3.41. The molecule has 1 heterocycles. The van der Waals surface area contributed by atoms with E-state index in [4.69, 9.17) is 4.74 Å². The maximum atomic E-state index is 13.0. The van der Waals surface area contributed by atoms with Crippen LogP contribution in [0.1, 0.15) is 12.0 Å². The highest BCUT2D eigenvalue weighted by Gasteiger charge is 2.46. The first-order valence-corrected chi connectivity index (χ1v) is 6.71. The first-order valence-electron chi connectivity index (χ1n) is 6.71. The smallest absolute Gasteiger partial charge is 0.409 e. The Morgan fingerprint density at radius 2 is 2.10 bits per heavy atom. The van der Waals surface area contributed by atoms with Gasteiger partial charge in [0, 0.05) is 12.5 Å². The molecule has 21 heavy (non-hydrogen) atoms. The van der Waals surface area contributed by atoms with Crippen LogP contribution in [-0.2, 0) is 11.3 Å². The lowest BCUT2D eigenvalue weighted by atomic mass is 9.98. The molecule has 1 fully saturated rings. The van der Waals surface area contributed by atoms with Crippen molar-refractivity contribution in [3.05, 3.63) is 35.9 Å². The van der Waals surface area contributed by atoms with Crippen molar-refractivity contribution in [3.8, 4) is 0 Å². The molecular formula is C14H17F3N2O2. The summed E-state index contributed by atoms with van der Waals surface area (Å²) in [6, 6.07) is 6.91. The third kappa shape index (κ3) is 4.63. The molecule has 0 radical (unpaired) electrons. The molecule has 0 aromatic heterocycles. The molecule has 0 aliphatic carbocycles. The predicted octanol–water partition coefficient (Wildman–Crippen LogP) is 2.45. The Morgan fingerprint density at radius 1 is 1.38 bits per heavy atom. The number of benzene rings is 1. The van der Waals surface area contributed by atoms with Crippen molar-refractivity contribution >= 4 is 6.09 Å². The van der Waals surface area contributed by atoms with E-state index in [2.05, 4.69) is 5.32 Å². The average molecular weight is 302 g/mol. The molecule has 1 aliphatic rings. The predicted molar refractivity (Wildman–Crippen MR) is 70.6 cm³/mol. The Morgan fingerprint density at radius 3 is 2.67 bits per heavy atom. The second kappa shape index (κ2) is 6.80. The van der Waals surface area contributed by atoms with Crippen LogP contribution >= 0.6 is 0 Å². The molecule has 0 bridgehead atoms. The minimum Gasteiger partial charge on any atom is -0.445 e. The molecule has 116 valence electrons. The quantitative estimate of drug-likeness (QED) is 0.898. The molecule has 4 nitrogen and oxygen atoms in total. The summed E-state index contributed by atoms with van der Waals surface area (Å²) in [5.41, 5.74) is 0.721. The SMILES string of the molecule is O=C(N[C@@H]([C@@H]1CCNC1)C(F)(F)F)OCc1ccccc1. The van der Waals surface area contributed by atoms with Crippen LogP contribution in [0.2, 0.25) is 0 Å². The summed E-state index contributed by atoms with van der Waals surface area (Å²) >= 11 is 0. The molecule has 7 heteroatoms. The Hall–Kier alpha value is -1.76. The number of amides is 1. The van der Waals surface area contributed by atoms with Gasteiger partial charge in [0.15, 0.2) is 0 Å². The van der Waals surface area contributed by atoms with Crippen LogP contribution in [0.4, 0.5) is 18.0 Å². The highest BCUT2D eigenvalue weighted by atomic mass is 19.4. The summed E-state index contributed by atoms with van der Waals surface area (Å²) in [4.78, 5) is 11.6. The molecule has 1 aromatic carbocycles. The molecule has 0 saturated carbocycles. The second-order valence-electron chi connectivity index (χ2n) is 4.98. The fourth-order valence-corrected chi connectivity index (χ4v) is 2.32. The molecule has 1 amide bonds. The van der Waals surface area contributed by atoms with Crippen LogP contribution in [0.25, 0.3) is 0 Å². The number of alkyl carbamates (subject to hydrolysis) is 1. The van der Waals surface area contributed by atoms with Gasteiger partial charge < -0.3 is 15.4 Å². The van der Waals surface area contributed by atoms with Gasteiger partial charge in [-0.3, -0.25) is 0 Å². The summed E-state index contributed by atoms with van der Waals surface area (Å²) in [6.07, 6.45) is -5.15. The van der Waals surface area contributed by atoms with Crippen molar-refractivity contribution in [1.82, 2.24) is 10.6 Å². The zero-order chi connectivity index (χ0) is 15.3. The standard InChI is InChI=1S/C14H17F3N2O2/c15-14(16,17)12(11-6-7-18-8-11)19-13(20)21-9-10-4-2-1-3-5-10/h1-5,11-12,18H,6-9H2,(H,19,20)/t11-,12+/m1/s1. The lowest BCUT2D eigenvalue weighted by Gasteiger charge is -2.26. The van der Waals surface area contributed by atoms with Crippen molar-refractivity contribution in [2.45, 2.75) is 25.2 Å².